The first-order chi connectivity index (χ1) is 14.1. The zero-order chi connectivity index (χ0) is 20.6. The number of nitrogens with zero attached hydrogens (tertiary/aromatic N) is 3. The van der Waals surface area contributed by atoms with Gasteiger partial charge in [0.1, 0.15) is 5.65 Å². The second-order valence-electron chi connectivity index (χ2n) is 6.59. The van der Waals surface area contributed by atoms with Gasteiger partial charge in [-0.1, -0.05) is 6.07 Å². The first kappa shape index (κ1) is 23.8. The van der Waals surface area contributed by atoms with Crippen molar-refractivity contribution in [3.63, 3.8) is 0 Å². The Kier molecular flexibility index (Phi) is 9.22. The monoisotopic (exact) mass is 523 g/mol. The van der Waals surface area contributed by atoms with Gasteiger partial charge in [-0.2, -0.15) is 0 Å². The molecular formula is C22H30IN5O2. The molecule has 0 aliphatic carbocycles. The fourth-order valence-electron chi connectivity index (χ4n) is 3.07. The fraction of sp³-hybridized carbons (Fsp3) is 0.364. The average molecular weight is 523 g/mol. The Morgan fingerprint density at radius 3 is 2.73 bits per heavy atom. The lowest BCUT2D eigenvalue weighted by Crippen LogP contribution is -2.30. The zero-order valence-electron chi connectivity index (χ0n) is 17.9. The van der Waals surface area contributed by atoms with Gasteiger partial charge in [-0.25, -0.2) is 4.98 Å². The van der Waals surface area contributed by atoms with Crippen LogP contribution in [0.25, 0.3) is 5.65 Å². The standard InChI is InChI=1S/C22H29N5O2.HI/c1-5-23-22(26-17-9-10-19(28-4)20(14-17)29-6-2)24-12-11-18-15-27-13-7-8-16(3)21(27)25-18;/h7-10,13-15H,5-6,11-12H2,1-4H3,(H2,23,24,26);1H. The van der Waals surface area contributed by atoms with Crippen LogP contribution in [0, 0.1) is 6.92 Å². The highest BCUT2D eigenvalue weighted by Crippen LogP contribution is 2.30. The van der Waals surface area contributed by atoms with E-state index in [1.165, 1.54) is 5.56 Å². The SMILES string of the molecule is CCNC(=NCCc1cn2cccc(C)c2n1)Nc1ccc(OC)c(OCC)c1.I. The Hall–Kier alpha value is -2.49. The molecule has 3 rings (SSSR count). The first-order valence-electron chi connectivity index (χ1n) is 9.94. The van der Waals surface area contributed by atoms with Crippen molar-refractivity contribution in [3.05, 3.63) is 54.0 Å². The molecule has 8 heteroatoms. The molecule has 3 aromatic rings. The molecule has 0 bridgehead atoms. The maximum Gasteiger partial charge on any atom is 0.195 e. The molecule has 0 atom stereocenters. The van der Waals surface area contributed by atoms with Gasteiger partial charge in [0.2, 0.25) is 0 Å². The summed E-state index contributed by atoms with van der Waals surface area (Å²) in [4.78, 5) is 9.40. The molecule has 2 aromatic heterocycles. The molecule has 0 saturated heterocycles. The first-order valence-corrected chi connectivity index (χ1v) is 9.94. The van der Waals surface area contributed by atoms with E-state index in [-0.39, 0.29) is 24.0 Å². The largest absolute Gasteiger partial charge is 0.493 e. The molecule has 0 aliphatic rings. The van der Waals surface area contributed by atoms with E-state index in [0.29, 0.717) is 24.7 Å². The molecule has 0 unspecified atom stereocenters. The lowest BCUT2D eigenvalue weighted by Gasteiger charge is -2.14. The number of rotatable bonds is 8. The number of imidazole rings is 1. The molecule has 30 heavy (non-hydrogen) atoms. The van der Waals surface area contributed by atoms with E-state index in [2.05, 4.69) is 39.2 Å². The Morgan fingerprint density at radius 1 is 1.20 bits per heavy atom. The number of guanidine groups is 1. The Labute approximate surface area is 194 Å². The van der Waals surface area contributed by atoms with E-state index in [4.69, 9.17) is 14.5 Å². The van der Waals surface area contributed by atoms with Crippen LogP contribution in [-0.4, -0.2) is 42.2 Å². The number of benzene rings is 1. The minimum absolute atomic E-state index is 0. The van der Waals surface area contributed by atoms with Crippen molar-refractivity contribution in [2.24, 2.45) is 4.99 Å². The van der Waals surface area contributed by atoms with E-state index in [1.54, 1.807) is 7.11 Å². The van der Waals surface area contributed by atoms with E-state index < -0.39 is 0 Å². The van der Waals surface area contributed by atoms with Crippen LogP contribution in [0.3, 0.4) is 0 Å². The summed E-state index contributed by atoms with van der Waals surface area (Å²) >= 11 is 0. The number of anilines is 1. The summed E-state index contributed by atoms with van der Waals surface area (Å²) in [7, 11) is 1.64. The molecule has 0 aliphatic heterocycles. The summed E-state index contributed by atoms with van der Waals surface area (Å²) in [6.07, 6.45) is 4.86. The van der Waals surface area contributed by atoms with Crippen molar-refractivity contribution in [2.45, 2.75) is 27.2 Å². The highest BCUT2D eigenvalue weighted by molar-refractivity contribution is 14.0. The van der Waals surface area contributed by atoms with E-state index in [1.807, 2.05) is 44.3 Å². The van der Waals surface area contributed by atoms with Crippen molar-refractivity contribution in [2.75, 3.05) is 32.1 Å². The molecule has 1 aromatic carbocycles. The number of fused-ring (bicyclic) bond motifs is 1. The minimum Gasteiger partial charge on any atom is -0.493 e. The maximum absolute atomic E-state index is 5.65. The summed E-state index contributed by atoms with van der Waals surface area (Å²) in [5.74, 6) is 2.14. The number of ether oxygens (including phenoxy) is 2. The number of halogens is 1. The van der Waals surface area contributed by atoms with Crippen LogP contribution in [0.1, 0.15) is 25.1 Å². The fourth-order valence-corrected chi connectivity index (χ4v) is 3.07. The van der Waals surface area contributed by atoms with Gasteiger partial charge in [-0.05, 0) is 44.5 Å². The van der Waals surface area contributed by atoms with Crippen molar-refractivity contribution in [1.82, 2.24) is 14.7 Å². The van der Waals surface area contributed by atoms with Crippen LogP contribution < -0.4 is 20.1 Å². The maximum atomic E-state index is 5.65. The van der Waals surface area contributed by atoms with Crippen molar-refractivity contribution in [1.29, 1.82) is 0 Å². The van der Waals surface area contributed by atoms with Crippen LogP contribution in [0.15, 0.2) is 47.7 Å². The third kappa shape index (κ3) is 6.01. The van der Waals surface area contributed by atoms with Gasteiger partial charge < -0.3 is 24.5 Å². The van der Waals surface area contributed by atoms with Crippen LogP contribution in [0.2, 0.25) is 0 Å². The van der Waals surface area contributed by atoms with Gasteiger partial charge in [0, 0.05) is 43.7 Å². The van der Waals surface area contributed by atoms with E-state index >= 15 is 0 Å². The van der Waals surface area contributed by atoms with Gasteiger partial charge in [0.25, 0.3) is 0 Å². The number of hydrogen-bond acceptors (Lipinski definition) is 4. The van der Waals surface area contributed by atoms with Gasteiger partial charge in [-0.3, -0.25) is 4.99 Å². The third-order valence-corrected chi connectivity index (χ3v) is 4.44. The third-order valence-electron chi connectivity index (χ3n) is 4.44. The molecule has 162 valence electrons. The van der Waals surface area contributed by atoms with Crippen LogP contribution in [-0.2, 0) is 6.42 Å². The summed E-state index contributed by atoms with van der Waals surface area (Å²) < 4.78 is 13.1. The number of aryl methyl sites for hydroxylation is 1. The van der Waals surface area contributed by atoms with Crippen molar-refractivity contribution < 1.29 is 9.47 Å². The van der Waals surface area contributed by atoms with Crippen molar-refractivity contribution >= 4 is 41.3 Å². The Bertz CT molecular complexity index is 987. The summed E-state index contributed by atoms with van der Waals surface area (Å²) in [6.45, 7) is 8.05. The predicted molar refractivity (Wildman–Crippen MR) is 133 cm³/mol. The Balaban J connectivity index is 0.00000320. The minimum atomic E-state index is 0. The highest BCUT2D eigenvalue weighted by Gasteiger charge is 2.08. The van der Waals surface area contributed by atoms with E-state index in [9.17, 15) is 0 Å². The number of pyridine rings is 1. The van der Waals surface area contributed by atoms with Crippen molar-refractivity contribution in [3.8, 4) is 11.5 Å². The smallest absolute Gasteiger partial charge is 0.195 e. The van der Waals surface area contributed by atoms with Gasteiger partial charge in [-0.15, -0.1) is 24.0 Å². The lowest BCUT2D eigenvalue weighted by molar-refractivity contribution is 0.311. The molecule has 2 heterocycles. The molecule has 0 spiro atoms. The molecule has 0 saturated carbocycles. The lowest BCUT2D eigenvalue weighted by atomic mass is 10.2. The second-order valence-corrected chi connectivity index (χ2v) is 6.59. The number of aromatic nitrogens is 2. The molecule has 2 N–H and O–H groups in total. The molecular weight excluding hydrogens is 493 g/mol. The predicted octanol–water partition coefficient (Wildman–Crippen LogP) is 4.29. The quantitative estimate of drug-likeness (QED) is 0.262. The van der Waals surface area contributed by atoms with E-state index in [0.717, 1.165) is 36.0 Å². The van der Waals surface area contributed by atoms with Crippen LogP contribution >= 0.6 is 24.0 Å². The molecule has 0 radical (unpaired) electrons. The topological polar surface area (TPSA) is 72.2 Å². The highest BCUT2D eigenvalue weighted by atomic mass is 127. The molecule has 0 amide bonds. The number of hydrogen-bond donors (Lipinski definition) is 2. The number of nitrogens with one attached hydrogen (secondary N) is 2. The summed E-state index contributed by atoms with van der Waals surface area (Å²) in [5, 5.41) is 6.60. The molecule has 7 nitrogen and oxygen atoms in total. The van der Waals surface area contributed by atoms with Crippen LogP contribution in [0.5, 0.6) is 11.5 Å². The van der Waals surface area contributed by atoms with Gasteiger partial charge in [0.05, 0.1) is 19.4 Å². The summed E-state index contributed by atoms with van der Waals surface area (Å²) in [5.41, 5.74) is 4.08. The number of methoxy groups -OCH3 is 1. The zero-order valence-corrected chi connectivity index (χ0v) is 20.3. The second kappa shape index (κ2) is 11.6. The summed E-state index contributed by atoms with van der Waals surface area (Å²) in [6, 6.07) is 9.85. The number of aliphatic imine (C=N–C) groups is 1. The molecule has 0 fully saturated rings. The normalized spacial score (nSPS) is 11.1. The van der Waals surface area contributed by atoms with Gasteiger partial charge in [0.15, 0.2) is 17.5 Å². The Morgan fingerprint density at radius 2 is 2.03 bits per heavy atom. The van der Waals surface area contributed by atoms with Gasteiger partial charge >= 0.3 is 0 Å². The van der Waals surface area contributed by atoms with Crippen LogP contribution in [0.4, 0.5) is 5.69 Å². The average Bonchev–Trinajstić information content (AvgIpc) is 3.13.